The van der Waals surface area contributed by atoms with E-state index in [1.54, 1.807) is 0 Å². The Kier molecular flexibility index (Phi) is 1.48. The zero-order chi connectivity index (χ0) is 8.67. The second-order valence-electron chi connectivity index (χ2n) is 3.95. The molecule has 1 N–H and O–H groups in total. The molecule has 0 atom stereocenters. The van der Waals surface area contributed by atoms with E-state index in [2.05, 4.69) is 41.5 Å². The van der Waals surface area contributed by atoms with Gasteiger partial charge in [0.05, 0.1) is 0 Å². The number of fused-ring (bicyclic) bond motifs is 1. The molecule has 13 heavy (non-hydrogen) atoms. The van der Waals surface area contributed by atoms with Crippen molar-refractivity contribution in [2.45, 2.75) is 18.7 Å². The number of anilines is 1. The van der Waals surface area contributed by atoms with E-state index in [-0.39, 0.29) is 0 Å². The van der Waals surface area contributed by atoms with Crippen LogP contribution in [0.5, 0.6) is 0 Å². The zero-order valence-electron chi connectivity index (χ0n) is 7.53. The molecule has 1 heterocycles. The average Bonchev–Trinajstić information content (AvgIpc) is 3.00. The Balaban J connectivity index is 1.93. The first kappa shape index (κ1) is 7.25. The summed E-state index contributed by atoms with van der Waals surface area (Å²) in [6.07, 6.45) is 5.03. The van der Waals surface area contributed by atoms with Crippen molar-refractivity contribution in [2.24, 2.45) is 0 Å². The van der Waals surface area contributed by atoms with Crippen molar-refractivity contribution in [1.29, 1.82) is 0 Å². The lowest BCUT2D eigenvalue weighted by atomic mass is 9.55. The number of hydrogen-bond donors (Lipinski definition) is 1. The van der Waals surface area contributed by atoms with Gasteiger partial charge in [0.1, 0.15) is 0 Å². The summed E-state index contributed by atoms with van der Waals surface area (Å²) < 4.78 is 0. The van der Waals surface area contributed by atoms with Crippen molar-refractivity contribution in [3.63, 3.8) is 0 Å². The largest absolute Gasteiger partial charge is 0.424 e. The Morgan fingerprint density at radius 2 is 2.08 bits per heavy atom. The standard InChI is InChI=1S/C11H12BN/c1-2-4-11-9(3-1)7-8-12(13-11)10-5-6-10/h1-4,7-8,10,13H,5-6H2. The van der Waals surface area contributed by atoms with Gasteiger partial charge in [-0.05, 0) is 17.4 Å². The third-order valence-electron chi connectivity index (χ3n) is 2.90. The SMILES string of the molecule is C1=Cc2ccccc2NB1C1CC1. The van der Waals surface area contributed by atoms with Crippen LogP contribution in [0.25, 0.3) is 6.08 Å². The number of para-hydroxylation sites is 1. The molecule has 1 saturated carbocycles. The lowest BCUT2D eigenvalue weighted by Gasteiger charge is -2.18. The summed E-state index contributed by atoms with van der Waals surface area (Å²) in [4.78, 5) is 0. The quantitative estimate of drug-likeness (QED) is 0.637. The number of hydrogen-bond acceptors (Lipinski definition) is 1. The van der Waals surface area contributed by atoms with E-state index in [4.69, 9.17) is 0 Å². The van der Waals surface area contributed by atoms with Crippen molar-refractivity contribution in [2.75, 3.05) is 5.23 Å². The fourth-order valence-electron chi connectivity index (χ4n) is 1.94. The fraction of sp³-hybridized carbons (Fsp3) is 0.273. The van der Waals surface area contributed by atoms with Crippen molar-refractivity contribution >= 4 is 18.6 Å². The topological polar surface area (TPSA) is 12.0 Å². The highest BCUT2D eigenvalue weighted by Crippen LogP contribution is 2.41. The summed E-state index contributed by atoms with van der Waals surface area (Å²) in [5.74, 6) is 3.20. The number of nitrogens with one attached hydrogen (secondary N) is 1. The van der Waals surface area contributed by atoms with Crippen LogP contribution in [-0.4, -0.2) is 6.85 Å². The van der Waals surface area contributed by atoms with Gasteiger partial charge in [-0.2, -0.15) is 0 Å². The summed E-state index contributed by atoms with van der Waals surface area (Å²) >= 11 is 0. The Hall–Kier alpha value is -1.18. The van der Waals surface area contributed by atoms with Crippen molar-refractivity contribution in [1.82, 2.24) is 0 Å². The predicted molar refractivity (Wildman–Crippen MR) is 57.8 cm³/mol. The molecule has 1 fully saturated rings. The first-order valence-corrected chi connectivity index (χ1v) is 4.97. The highest BCUT2D eigenvalue weighted by atomic mass is 14.8. The van der Waals surface area contributed by atoms with E-state index >= 15 is 0 Å². The fourth-order valence-corrected chi connectivity index (χ4v) is 1.94. The van der Waals surface area contributed by atoms with E-state index in [9.17, 15) is 0 Å². The molecule has 3 rings (SSSR count). The number of benzene rings is 1. The first-order valence-electron chi connectivity index (χ1n) is 4.97. The minimum Gasteiger partial charge on any atom is -0.424 e. The van der Waals surface area contributed by atoms with Crippen LogP contribution >= 0.6 is 0 Å². The molecule has 0 spiro atoms. The van der Waals surface area contributed by atoms with Gasteiger partial charge in [0.15, 0.2) is 0 Å². The van der Waals surface area contributed by atoms with Gasteiger partial charge in [-0.1, -0.05) is 43.1 Å². The maximum Gasteiger partial charge on any atom is 0.281 e. The van der Waals surface area contributed by atoms with Gasteiger partial charge in [-0.25, -0.2) is 0 Å². The molecule has 1 aromatic rings. The predicted octanol–water partition coefficient (Wildman–Crippen LogP) is 2.82. The van der Waals surface area contributed by atoms with Gasteiger partial charge in [-0.15, -0.1) is 0 Å². The molecule has 0 unspecified atom stereocenters. The molecule has 2 aliphatic rings. The van der Waals surface area contributed by atoms with E-state index in [0.717, 1.165) is 5.82 Å². The van der Waals surface area contributed by atoms with E-state index in [1.165, 1.54) is 24.1 Å². The smallest absolute Gasteiger partial charge is 0.281 e. The summed E-state index contributed by atoms with van der Waals surface area (Å²) in [5, 5.41) is 3.57. The highest BCUT2D eigenvalue weighted by Gasteiger charge is 2.34. The third-order valence-corrected chi connectivity index (χ3v) is 2.90. The lowest BCUT2D eigenvalue weighted by Crippen LogP contribution is -2.25. The van der Waals surface area contributed by atoms with Crippen LogP contribution in [0.1, 0.15) is 18.4 Å². The molecule has 0 saturated heterocycles. The average molecular weight is 169 g/mol. The Morgan fingerprint density at radius 3 is 2.92 bits per heavy atom. The normalized spacial score (nSPS) is 19.5. The van der Waals surface area contributed by atoms with Crippen LogP contribution in [0.3, 0.4) is 0 Å². The summed E-state index contributed by atoms with van der Waals surface area (Å²) in [5.41, 5.74) is 2.61. The minimum absolute atomic E-state index is 0.592. The summed E-state index contributed by atoms with van der Waals surface area (Å²) in [7, 11) is 0. The monoisotopic (exact) mass is 169 g/mol. The summed E-state index contributed by atoms with van der Waals surface area (Å²) in [6, 6.07) is 8.49. The van der Waals surface area contributed by atoms with E-state index in [1.807, 2.05) is 0 Å². The zero-order valence-corrected chi connectivity index (χ0v) is 7.53. The molecule has 0 bridgehead atoms. The molecular formula is C11H12BN. The second kappa shape index (κ2) is 2.66. The molecule has 1 nitrogen and oxygen atoms in total. The Bertz CT molecular complexity index is 355. The maximum atomic E-state index is 3.57. The van der Waals surface area contributed by atoms with Gasteiger partial charge < -0.3 is 5.23 Å². The van der Waals surface area contributed by atoms with Gasteiger partial charge in [0, 0.05) is 5.69 Å². The van der Waals surface area contributed by atoms with Crippen molar-refractivity contribution < 1.29 is 0 Å². The molecule has 1 aliphatic heterocycles. The molecule has 1 aromatic carbocycles. The molecule has 0 amide bonds. The molecular weight excluding hydrogens is 157 g/mol. The Labute approximate surface area is 79.0 Å². The second-order valence-corrected chi connectivity index (χ2v) is 3.95. The van der Waals surface area contributed by atoms with Gasteiger partial charge in [-0.3, -0.25) is 0 Å². The minimum atomic E-state index is 0.592. The molecule has 0 aromatic heterocycles. The molecule has 64 valence electrons. The molecule has 1 aliphatic carbocycles. The maximum absolute atomic E-state index is 3.57. The summed E-state index contributed by atoms with van der Waals surface area (Å²) in [6.45, 7) is 0.592. The van der Waals surface area contributed by atoms with E-state index in [0.29, 0.717) is 6.85 Å². The van der Waals surface area contributed by atoms with Crippen molar-refractivity contribution in [3.8, 4) is 0 Å². The molecule has 2 heteroatoms. The van der Waals surface area contributed by atoms with Gasteiger partial charge in [0.25, 0.3) is 6.85 Å². The van der Waals surface area contributed by atoms with Crippen LogP contribution < -0.4 is 5.23 Å². The Morgan fingerprint density at radius 1 is 1.23 bits per heavy atom. The highest BCUT2D eigenvalue weighted by molar-refractivity contribution is 6.71. The van der Waals surface area contributed by atoms with Crippen LogP contribution in [0, 0.1) is 0 Å². The van der Waals surface area contributed by atoms with Gasteiger partial charge in [0.2, 0.25) is 0 Å². The number of rotatable bonds is 1. The lowest BCUT2D eigenvalue weighted by molar-refractivity contribution is 1.39. The van der Waals surface area contributed by atoms with Crippen LogP contribution in [0.2, 0.25) is 5.82 Å². The van der Waals surface area contributed by atoms with E-state index < -0.39 is 0 Å². The first-order chi connectivity index (χ1) is 6.43. The van der Waals surface area contributed by atoms with Crippen LogP contribution in [-0.2, 0) is 0 Å². The van der Waals surface area contributed by atoms with Crippen LogP contribution in [0.15, 0.2) is 30.2 Å². The van der Waals surface area contributed by atoms with Crippen LogP contribution in [0.4, 0.5) is 5.69 Å². The van der Waals surface area contributed by atoms with Crippen molar-refractivity contribution in [3.05, 3.63) is 35.8 Å². The molecule has 0 radical (unpaired) electrons. The van der Waals surface area contributed by atoms with Gasteiger partial charge >= 0.3 is 0 Å². The third kappa shape index (κ3) is 1.26.